The largest absolute Gasteiger partial charge is 0.288 e. The number of hydrogen-bond donors (Lipinski definition) is 0. The molecule has 1 heterocycles. The van der Waals surface area contributed by atoms with Crippen molar-refractivity contribution in [1.29, 1.82) is 0 Å². The Bertz CT molecular complexity index is 603. The molecule has 19 heavy (non-hydrogen) atoms. The number of benzene rings is 1. The van der Waals surface area contributed by atoms with E-state index in [4.69, 9.17) is 0 Å². The van der Waals surface area contributed by atoms with Crippen molar-refractivity contribution >= 4 is 17.3 Å². The molecule has 0 atom stereocenters. The smallest absolute Gasteiger partial charge is 0.206 e. The third kappa shape index (κ3) is 2.89. The molecule has 4 heteroatoms. The average molecular weight is 274 g/mol. The molecule has 3 nitrogen and oxygen atoms in total. The van der Waals surface area contributed by atoms with E-state index < -0.39 is 0 Å². The Hall–Kier alpha value is -1.55. The van der Waals surface area contributed by atoms with Gasteiger partial charge in [0.05, 0.1) is 5.69 Å². The van der Waals surface area contributed by atoms with Crippen LogP contribution in [0, 0.1) is 13.8 Å². The van der Waals surface area contributed by atoms with Crippen molar-refractivity contribution < 1.29 is 4.79 Å². The summed E-state index contributed by atoms with van der Waals surface area (Å²) in [6, 6.07) is 5.90. The molecule has 0 spiro atoms. The van der Waals surface area contributed by atoms with E-state index in [0.29, 0.717) is 10.4 Å². The molecular formula is C15H18N2OS. The summed E-state index contributed by atoms with van der Waals surface area (Å²) in [6.45, 7) is 10.1. The standard InChI is InChI=1S/C15H18N2OS/c1-9-6-10(2)8-11(7-9)12(18)13-14(15(3,4)5)16-17-19-13/h6-8H,1-5H3. The Morgan fingerprint density at radius 1 is 1.11 bits per heavy atom. The van der Waals surface area contributed by atoms with Gasteiger partial charge in [0.1, 0.15) is 4.88 Å². The number of carbonyl (C=O) groups is 1. The predicted octanol–water partition coefficient (Wildman–Crippen LogP) is 3.68. The first-order valence-electron chi connectivity index (χ1n) is 6.25. The van der Waals surface area contributed by atoms with Crippen LogP contribution < -0.4 is 0 Å². The lowest BCUT2D eigenvalue weighted by molar-refractivity contribution is 0.104. The van der Waals surface area contributed by atoms with Crippen molar-refractivity contribution in [2.24, 2.45) is 0 Å². The average Bonchev–Trinajstić information content (AvgIpc) is 2.74. The van der Waals surface area contributed by atoms with Crippen molar-refractivity contribution in [2.75, 3.05) is 0 Å². The van der Waals surface area contributed by atoms with Crippen molar-refractivity contribution in [2.45, 2.75) is 40.0 Å². The van der Waals surface area contributed by atoms with Gasteiger partial charge in [-0.3, -0.25) is 4.79 Å². The molecule has 2 rings (SSSR count). The molecule has 0 fully saturated rings. The molecule has 1 aromatic carbocycles. The van der Waals surface area contributed by atoms with E-state index in [9.17, 15) is 4.79 Å². The van der Waals surface area contributed by atoms with E-state index in [1.54, 1.807) is 0 Å². The molecule has 0 saturated carbocycles. The zero-order valence-electron chi connectivity index (χ0n) is 11.9. The topological polar surface area (TPSA) is 42.9 Å². The Morgan fingerprint density at radius 2 is 1.68 bits per heavy atom. The molecule has 0 saturated heterocycles. The minimum Gasteiger partial charge on any atom is -0.288 e. The maximum Gasteiger partial charge on any atom is 0.206 e. The van der Waals surface area contributed by atoms with Gasteiger partial charge in [0.2, 0.25) is 5.78 Å². The fourth-order valence-electron chi connectivity index (χ4n) is 2.07. The van der Waals surface area contributed by atoms with Crippen LogP contribution in [0.5, 0.6) is 0 Å². The van der Waals surface area contributed by atoms with Gasteiger partial charge in [0.15, 0.2) is 0 Å². The van der Waals surface area contributed by atoms with Crippen LogP contribution in [0.4, 0.5) is 0 Å². The molecule has 2 aromatic rings. The molecular weight excluding hydrogens is 256 g/mol. The lowest BCUT2D eigenvalue weighted by Gasteiger charge is -2.16. The minimum atomic E-state index is -0.170. The highest BCUT2D eigenvalue weighted by Gasteiger charge is 2.26. The molecule has 0 bridgehead atoms. The van der Waals surface area contributed by atoms with E-state index in [1.165, 1.54) is 11.5 Å². The summed E-state index contributed by atoms with van der Waals surface area (Å²) in [5.74, 6) is 0.0201. The number of aryl methyl sites for hydroxylation is 2. The maximum atomic E-state index is 12.6. The van der Waals surface area contributed by atoms with Crippen LogP contribution in [0.25, 0.3) is 0 Å². The summed E-state index contributed by atoms with van der Waals surface area (Å²) in [4.78, 5) is 13.3. The number of rotatable bonds is 2. The second kappa shape index (κ2) is 4.85. The number of ketones is 1. The molecule has 1 aromatic heterocycles. The molecule has 0 aliphatic rings. The number of aromatic nitrogens is 2. The van der Waals surface area contributed by atoms with Crippen LogP contribution in [0.15, 0.2) is 18.2 Å². The molecule has 100 valence electrons. The molecule has 0 unspecified atom stereocenters. The first kappa shape index (κ1) is 13.9. The Balaban J connectivity index is 2.48. The third-order valence-electron chi connectivity index (χ3n) is 2.89. The zero-order chi connectivity index (χ0) is 14.2. The fraction of sp³-hybridized carbons (Fsp3) is 0.400. The SMILES string of the molecule is Cc1cc(C)cc(C(=O)c2snnc2C(C)(C)C)c1. The van der Waals surface area contributed by atoms with Crippen molar-refractivity contribution in [3.63, 3.8) is 0 Å². The lowest BCUT2D eigenvalue weighted by atomic mass is 9.89. The maximum absolute atomic E-state index is 12.6. The summed E-state index contributed by atoms with van der Waals surface area (Å²) < 4.78 is 3.95. The van der Waals surface area contributed by atoms with Crippen LogP contribution in [-0.4, -0.2) is 15.4 Å². The van der Waals surface area contributed by atoms with Crippen LogP contribution in [-0.2, 0) is 5.41 Å². The van der Waals surface area contributed by atoms with Gasteiger partial charge in [-0.15, -0.1) is 5.10 Å². The summed E-state index contributed by atoms with van der Waals surface area (Å²) in [6.07, 6.45) is 0. The van der Waals surface area contributed by atoms with Gasteiger partial charge in [-0.2, -0.15) is 0 Å². The monoisotopic (exact) mass is 274 g/mol. The lowest BCUT2D eigenvalue weighted by Crippen LogP contribution is -2.16. The van der Waals surface area contributed by atoms with E-state index in [1.807, 2.05) is 46.8 Å². The second-order valence-electron chi connectivity index (χ2n) is 5.91. The number of carbonyl (C=O) groups excluding carboxylic acids is 1. The molecule has 0 aliphatic carbocycles. The second-order valence-corrected chi connectivity index (χ2v) is 6.66. The van der Waals surface area contributed by atoms with Gasteiger partial charge in [-0.25, -0.2) is 0 Å². The van der Waals surface area contributed by atoms with Gasteiger partial charge in [0, 0.05) is 11.0 Å². The first-order chi connectivity index (χ1) is 8.79. The predicted molar refractivity (Wildman–Crippen MR) is 78.0 cm³/mol. The quantitative estimate of drug-likeness (QED) is 0.784. The highest BCUT2D eigenvalue weighted by Crippen LogP contribution is 2.28. The first-order valence-corrected chi connectivity index (χ1v) is 7.02. The Kier molecular flexibility index (Phi) is 3.54. The van der Waals surface area contributed by atoms with Crippen molar-refractivity contribution in [1.82, 2.24) is 9.59 Å². The van der Waals surface area contributed by atoms with Crippen LogP contribution >= 0.6 is 11.5 Å². The van der Waals surface area contributed by atoms with E-state index in [-0.39, 0.29) is 11.2 Å². The summed E-state index contributed by atoms with van der Waals surface area (Å²) in [5.41, 5.74) is 3.52. The molecule has 0 aliphatic heterocycles. The highest BCUT2D eigenvalue weighted by molar-refractivity contribution is 7.08. The van der Waals surface area contributed by atoms with Crippen LogP contribution in [0.2, 0.25) is 0 Å². The zero-order valence-corrected chi connectivity index (χ0v) is 12.8. The summed E-state index contributed by atoms with van der Waals surface area (Å²) >= 11 is 1.18. The van der Waals surface area contributed by atoms with Crippen LogP contribution in [0.3, 0.4) is 0 Å². The molecule has 0 amide bonds. The van der Waals surface area contributed by atoms with Gasteiger partial charge in [0.25, 0.3) is 0 Å². The summed E-state index contributed by atoms with van der Waals surface area (Å²) in [7, 11) is 0. The number of hydrogen-bond acceptors (Lipinski definition) is 4. The molecule has 0 radical (unpaired) electrons. The van der Waals surface area contributed by atoms with Gasteiger partial charge >= 0.3 is 0 Å². The highest BCUT2D eigenvalue weighted by atomic mass is 32.1. The Morgan fingerprint density at radius 3 is 2.21 bits per heavy atom. The van der Waals surface area contributed by atoms with Crippen molar-refractivity contribution in [3.8, 4) is 0 Å². The van der Waals surface area contributed by atoms with E-state index >= 15 is 0 Å². The van der Waals surface area contributed by atoms with E-state index in [2.05, 4.69) is 15.7 Å². The number of nitrogens with zero attached hydrogens (tertiary/aromatic N) is 2. The Labute approximate surface area is 117 Å². The minimum absolute atomic E-state index is 0.0201. The molecule has 0 N–H and O–H groups in total. The van der Waals surface area contributed by atoms with Crippen molar-refractivity contribution in [3.05, 3.63) is 45.5 Å². The van der Waals surface area contributed by atoms with Crippen LogP contribution in [0.1, 0.15) is 52.8 Å². The normalized spacial score (nSPS) is 11.6. The van der Waals surface area contributed by atoms with Gasteiger partial charge in [-0.05, 0) is 37.5 Å². The third-order valence-corrected chi connectivity index (χ3v) is 3.61. The van der Waals surface area contributed by atoms with E-state index in [0.717, 1.165) is 16.8 Å². The van der Waals surface area contributed by atoms with Gasteiger partial charge in [-0.1, -0.05) is 42.5 Å². The van der Waals surface area contributed by atoms with Gasteiger partial charge < -0.3 is 0 Å². The fourth-order valence-corrected chi connectivity index (χ4v) is 2.91. The summed E-state index contributed by atoms with van der Waals surface area (Å²) in [5, 5.41) is 4.13.